The number of nitrogens with zero attached hydrogens (tertiary/aromatic N) is 3. The van der Waals surface area contributed by atoms with Crippen molar-refractivity contribution >= 4 is 28.8 Å². The summed E-state index contributed by atoms with van der Waals surface area (Å²) in [6.07, 6.45) is 0. The van der Waals surface area contributed by atoms with Gasteiger partial charge in [0, 0.05) is 22.5 Å². The van der Waals surface area contributed by atoms with Crippen molar-refractivity contribution in [1.29, 1.82) is 0 Å². The minimum atomic E-state index is -0.263. The molecule has 0 unspecified atom stereocenters. The fourth-order valence-corrected chi connectivity index (χ4v) is 3.54. The zero-order valence-corrected chi connectivity index (χ0v) is 22.1. The van der Waals surface area contributed by atoms with Gasteiger partial charge in [-0.05, 0) is 50.2 Å². The molecular weight excluding hydrogens is 492 g/mol. The summed E-state index contributed by atoms with van der Waals surface area (Å²) in [7, 11) is 0. The van der Waals surface area contributed by atoms with Crippen LogP contribution < -0.4 is 16.6 Å². The molecule has 0 aliphatic heterocycles. The van der Waals surface area contributed by atoms with Gasteiger partial charge in [-0.2, -0.15) is 0 Å². The number of hydrogen-bond acceptors (Lipinski definition) is 5. The highest BCUT2D eigenvalue weighted by molar-refractivity contribution is 7.80. The summed E-state index contributed by atoms with van der Waals surface area (Å²) in [6, 6.07) is 38.9. The molecule has 0 fully saturated rings. The number of carbonyl (C=O) groups excluding carboxylic acids is 1. The Hall–Kier alpha value is -4.66. The first kappa shape index (κ1) is 27.9. The molecule has 0 aliphatic carbocycles. The number of para-hydroxylation sites is 2. The van der Waals surface area contributed by atoms with Crippen LogP contribution in [0.2, 0.25) is 0 Å². The predicted molar refractivity (Wildman–Crippen MR) is 158 cm³/mol. The van der Waals surface area contributed by atoms with Gasteiger partial charge >= 0.3 is 0 Å². The van der Waals surface area contributed by atoms with Gasteiger partial charge in [0.25, 0.3) is 5.91 Å². The molecule has 1 amide bonds. The molecule has 8 heteroatoms. The molecule has 0 aliphatic rings. The van der Waals surface area contributed by atoms with Crippen LogP contribution in [0.4, 0.5) is 5.69 Å². The van der Waals surface area contributed by atoms with Gasteiger partial charge < -0.3 is 5.32 Å². The lowest BCUT2D eigenvalue weighted by molar-refractivity contribution is 0.0953. The largest absolute Gasteiger partial charge is 0.350 e. The minimum Gasteiger partial charge on any atom is -0.350 e. The average molecular weight is 523 g/mol. The second kappa shape index (κ2) is 14.8. The van der Waals surface area contributed by atoms with Crippen molar-refractivity contribution in [2.45, 2.75) is 13.8 Å². The van der Waals surface area contributed by atoms with Crippen molar-refractivity contribution in [2.75, 3.05) is 5.32 Å². The van der Waals surface area contributed by atoms with Gasteiger partial charge in [0.2, 0.25) is 0 Å². The predicted octanol–water partition coefficient (Wildman–Crippen LogP) is 5.98. The van der Waals surface area contributed by atoms with E-state index in [1.807, 2.05) is 104 Å². The second-order valence-corrected chi connectivity index (χ2v) is 8.61. The van der Waals surface area contributed by atoms with Crippen LogP contribution in [0, 0.1) is 6.92 Å². The smallest absolute Gasteiger partial charge is 0.265 e. The Balaban J connectivity index is 0.000000171. The fraction of sp³-hybridized carbons (Fsp3) is 0.0667. The Morgan fingerprint density at radius 2 is 1.26 bits per heavy atom. The number of amides is 1. The maximum Gasteiger partial charge on any atom is 0.265 e. The molecule has 5 rings (SSSR count). The highest BCUT2D eigenvalue weighted by Crippen LogP contribution is 2.21. The van der Waals surface area contributed by atoms with Gasteiger partial charge in [-0.1, -0.05) is 97.1 Å². The van der Waals surface area contributed by atoms with Crippen LogP contribution in [0.3, 0.4) is 0 Å². The van der Waals surface area contributed by atoms with Crippen molar-refractivity contribution in [2.24, 2.45) is 5.84 Å². The Bertz CT molecular complexity index is 1410. The van der Waals surface area contributed by atoms with Crippen LogP contribution in [0.15, 0.2) is 121 Å². The van der Waals surface area contributed by atoms with Gasteiger partial charge in [0.1, 0.15) is 5.82 Å². The first-order chi connectivity index (χ1) is 18.5. The number of benzene rings is 4. The van der Waals surface area contributed by atoms with E-state index in [-0.39, 0.29) is 5.91 Å². The van der Waals surface area contributed by atoms with Crippen molar-refractivity contribution in [1.82, 2.24) is 20.2 Å². The molecule has 7 nitrogen and oxygen atoms in total. The van der Waals surface area contributed by atoms with E-state index in [1.165, 1.54) is 0 Å². The van der Waals surface area contributed by atoms with Crippen molar-refractivity contribution in [3.05, 3.63) is 133 Å². The number of hydrazine groups is 1. The standard InChI is InChI=1S/C15H13N3.C8H9NS.C7H8N2O/c1-12-16-17-15(13-8-4-2-5-9-13)18(12)14-10-6-3-7-11-14;1-7(10)9-8-5-3-2-4-6-8;8-9-7(10)6-4-2-1-3-5-6/h2-11H,1H3;2-6H,1H3,(H,9,10);1-5H,8H2,(H,9,10). The summed E-state index contributed by atoms with van der Waals surface area (Å²) in [5, 5.41) is 11.5. The van der Waals surface area contributed by atoms with E-state index in [1.54, 1.807) is 24.3 Å². The molecule has 1 heterocycles. The molecule has 0 bridgehead atoms. The van der Waals surface area contributed by atoms with E-state index in [0.29, 0.717) is 5.56 Å². The van der Waals surface area contributed by atoms with Gasteiger partial charge in [-0.3, -0.25) is 14.8 Å². The maximum absolute atomic E-state index is 10.8. The highest BCUT2D eigenvalue weighted by Gasteiger charge is 2.11. The summed E-state index contributed by atoms with van der Waals surface area (Å²) in [4.78, 5) is 11.6. The molecule has 1 aromatic heterocycles. The van der Waals surface area contributed by atoms with Gasteiger partial charge in [-0.15, -0.1) is 10.2 Å². The number of nitrogens with two attached hydrogens (primary N) is 1. The quantitative estimate of drug-likeness (QED) is 0.116. The third kappa shape index (κ3) is 8.48. The SMILES string of the molecule is CC(=S)Nc1ccccc1.Cc1nnc(-c2ccccc2)n1-c1ccccc1.NNC(=O)c1ccccc1. The number of nitrogen functional groups attached to an aromatic ring is 1. The van der Waals surface area contributed by atoms with Crippen LogP contribution in [-0.4, -0.2) is 25.7 Å². The van der Waals surface area contributed by atoms with E-state index < -0.39 is 0 Å². The lowest BCUT2D eigenvalue weighted by Crippen LogP contribution is -2.29. The van der Waals surface area contributed by atoms with Crippen LogP contribution in [0.1, 0.15) is 23.1 Å². The third-order valence-electron chi connectivity index (χ3n) is 5.13. The number of anilines is 1. The molecule has 0 radical (unpaired) electrons. The van der Waals surface area contributed by atoms with Gasteiger partial charge in [0.05, 0.1) is 4.99 Å². The number of aryl methyl sites for hydroxylation is 1. The lowest BCUT2D eigenvalue weighted by atomic mass is 10.2. The summed E-state index contributed by atoms with van der Waals surface area (Å²) in [5.74, 6) is 6.40. The Labute approximate surface area is 228 Å². The molecule has 5 aromatic rings. The van der Waals surface area contributed by atoms with Crippen molar-refractivity contribution < 1.29 is 4.79 Å². The molecule has 4 aromatic carbocycles. The molecule has 0 spiro atoms. The van der Waals surface area contributed by atoms with Crippen LogP contribution in [0.5, 0.6) is 0 Å². The Morgan fingerprint density at radius 3 is 1.79 bits per heavy atom. The van der Waals surface area contributed by atoms with Crippen molar-refractivity contribution in [3.63, 3.8) is 0 Å². The number of aromatic nitrogens is 3. The summed E-state index contributed by atoms with van der Waals surface area (Å²) < 4.78 is 2.06. The van der Waals surface area contributed by atoms with Crippen LogP contribution >= 0.6 is 12.2 Å². The second-order valence-electron chi connectivity index (χ2n) is 7.99. The van der Waals surface area contributed by atoms with Crippen molar-refractivity contribution in [3.8, 4) is 17.1 Å². The monoisotopic (exact) mass is 522 g/mol. The zero-order valence-electron chi connectivity index (χ0n) is 21.3. The van der Waals surface area contributed by atoms with Crippen LogP contribution in [-0.2, 0) is 0 Å². The van der Waals surface area contributed by atoms with E-state index in [9.17, 15) is 4.79 Å². The molecule has 38 heavy (non-hydrogen) atoms. The molecular formula is C30H30N6OS. The first-order valence-corrected chi connectivity index (χ1v) is 12.3. The summed E-state index contributed by atoms with van der Waals surface area (Å²) in [6.45, 7) is 3.83. The van der Waals surface area contributed by atoms with E-state index in [0.717, 1.165) is 33.6 Å². The number of hydrogen-bond donors (Lipinski definition) is 3. The fourth-order valence-electron chi connectivity index (χ4n) is 3.42. The lowest BCUT2D eigenvalue weighted by Gasteiger charge is -2.08. The minimum absolute atomic E-state index is 0.263. The maximum atomic E-state index is 10.8. The number of carbonyl (C=O) groups is 1. The Kier molecular flexibility index (Phi) is 10.9. The van der Waals surface area contributed by atoms with E-state index >= 15 is 0 Å². The first-order valence-electron chi connectivity index (χ1n) is 11.9. The average Bonchev–Trinajstić information content (AvgIpc) is 3.36. The highest BCUT2D eigenvalue weighted by atomic mass is 32.1. The normalized spacial score (nSPS) is 9.66. The molecule has 0 saturated carbocycles. The molecule has 0 atom stereocenters. The zero-order chi connectivity index (χ0) is 27.2. The van der Waals surface area contributed by atoms with Gasteiger partial charge in [0.15, 0.2) is 5.82 Å². The molecule has 0 saturated heterocycles. The van der Waals surface area contributed by atoms with E-state index in [4.69, 9.17) is 18.1 Å². The molecule has 4 N–H and O–H groups in total. The Morgan fingerprint density at radius 1 is 0.763 bits per heavy atom. The number of nitrogens with one attached hydrogen (secondary N) is 2. The molecule has 192 valence electrons. The third-order valence-corrected chi connectivity index (χ3v) is 5.23. The summed E-state index contributed by atoms with van der Waals surface area (Å²) in [5.41, 5.74) is 5.82. The topological polar surface area (TPSA) is 97.9 Å². The number of thiocarbonyl (C=S) groups is 1. The van der Waals surface area contributed by atoms with Gasteiger partial charge in [-0.25, -0.2) is 5.84 Å². The van der Waals surface area contributed by atoms with E-state index in [2.05, 4.69) is 32.2 Å². The summed E-state index contributed by atoms with van der Waals surface area (Å²) >= 11 is 4.87. The number of rotatable bonds is 4. The van der Waals surface area contributed by atoms with Crippen LogP contribution in [0.25, 0.3) is 17.1 Å².